The van der Waals surface area contributed by atoms with Gasteiger partial charge in [-0.15, -0.1) is 6.58 Å². The number of aryl methyl sites for hydroxylation is 2. The first kappa shape index (κ1) is 49.4. The molecule has 1 aromatic rings. The van der Waals surface area contributed by atoms with Gasteiger partial charge in [-0.3, -0.25) is 0 Å². The van der Waals surface area contributed by atoms with Gasteiger partial charge in [0.25, 0.3) is 0 Å². The number of hydrogen-bond donors (Lipinski definition) is 0. The normalized spacial score (nSPS) is 11.6. The fraction of sp³-hybridized carbons (Fsp3) is 0.767. The van der Waals surface area contributed by atoms with E-state index in [1.807, 2.05) is 41.5 Å². The van der Waals surface area contributed by atoms with E-state index in [9.17, 15) is 0 Å². The van der Waals surface area contributed by atoms with Crippen LogP contribution < -0.4 is 4.74 Å². The van der Waals surface area contributed by atoms with Crippen molar-refractivity contribution in [2.24, 2.45) is 11.8 Å². The van der Waals surface area contributed by atoms with Gasteiger partial charge in [0.2, 0.25) is 0 Å². The molecule has 0 amide bonds. The summed E-state index contributed by atoms with van der Waals surface area (Å²) in [4.78, 5) is 0. The summed E-state index contributed by atoms with van der Waals surface area (Å²) in [7, 11) is 1.79. The molecule has 0 saturated heterocycles. The van der Waals surface area contributed by atoms with Crippen LogP contribution in [0.4, 0.5) is 0 Å². The highest BCUT2D eigenvalue weighted by molar-refractivity contribution is 5.70. The van der Waals surface area contributed by atoms with Gasteiger partial charge in [-0.25, -0.2) is 0 Å². The van der Waals surface area contributed by atoms with Gasteiger partial charge in [0.05, 0.1) is 7.11 Å². The van der Waals surface area contributed by atoms with Crippen molar-refractivity contribution < 1.29 is 4.74 Å². The van der Waals surface area contributed by atoms with Crippen LogP contribution >= 0.6 is 0 Å². The molecule has 262 valence electrons. The van der Waals surface area contributed by atoms with Gasteiger partial charge in [0, 0.05) is 0 Å². The van der Waals surface area contributed by atoms with Crippen LogP contribution in [0.25, 0.3) is 5.57 Å². The molecule has 0 heterocycles. The number of unbranched alkanes of at least 4 members (excludes halogenated alkanes) is 5. The summed E-state index contributed by atoms with van der Waals surface area (Å²) in [5.41, 5.74) is 6.45. The first-order chi connectivity index (χ1) is 21.2. The first-order valence-corrected chi connectivity index (χ1v) is 19.2. The van der Waals surface area contributed by atoms with Gasteiger partial charge in [0.15, 0.2) is 0 Å². The zero-order chi connectivity index (χ0) is 34.8. The van der Waals surface area contributed by atoms with Gasteiger partial charge >= 0.3 is 0 Å². The summed E-state index contributed by atoms with van der Waals surface area (Å²) < 4.78 is 5.68. The molecule has 0 bridgehead atoms. The molecular formula is C43H84O. The van der Waals surface area contributed by atoms with Crippen LogP contribution in [0.3, 0.4) is 0 Å². The van der Waals surface area contributed by atoms with Crippen LogP contribution in [-0.4, -0.2) is 7.11 Å². The number of ether oxygens (including phenoxy) is 1. The van der Waals surface area contributed by atoms with Crippen molar-refractivity contribution in [3.63, 3.8) is 0 Å². The molecule has 0 N–H and O–H groups in total. The maximum Gasteiger partial charge on any atom is 0.122 e. The highest BCUT2D eigenvalue weighted by Crippen LogP contribution is 2.35. The molecule has 1 aliphatic carbocycles. The minimum atomic E-state index is 0.597. The Kier molecular flexibility index (Phi) is 42.3. The quantitative estimate of drug-likeness (QED) is 0.141. The van der Waals surface area contributed by atoms with E-state index in [2.05, 4.69) is 73.8 Å². The Morgan fingerprint density at radius 2 is 1.18 bits per heavy atom. The van der Waals surface area contributed by atoms with Crippen LogP contribution in [0.15, 0.2) is 30.9 Å². The van der Waals surface area contributed by atoms with E-state index in [1.54, 1.807) is 7.11 Å². The molecule has 1 aromatic carbocycles. The van der Waals surface area contributed by atoms with Crippen molar-refractivity contribution in [3.05, 3.63) is 47.6 Å². The molecular weight excluding hydrogens is 532 g/mol. The van der Waals surface area contributed by atoms with Gasteiger partial charge in [-0.05, 0) is 86.6 Å². The van der Waals surface area contributed by atoms with Crippen molar-refractivity contribution in [1.82, 2.24) is 0 Å². The Labute approximate surface area is 281 Å². The summed E-state index contributed by atoms with van der Waals surface area (Å²) in [5.74, 6) is 2.73. The molecule has 0 aliphatic heterocycles. The predicted molar refractivity (Wildman–Crippen MR) is 209 cm³/mol. The highest BCUT2D eigenvalue weighted by Gasteiger charge is 2.17. The first-order valence-electron chi connectivity index (χ1n) is 19.2. The Balaban J connectivity index is -0.000000308. The molecule has 1 nitrogen and oxygen atoms in total. The van der Waals surface area contributed by atoms with Crippen molar-refractivity contribution in [2.75, 3.05) is 7.11 Å². The second kappa shape index (κ2) is 37.7. The predicted octanol–water partition coefficient (Wildman–Crippen LogP) is 15.8. The Morgan fingerprint density at radius 1 is 0.750 bits per heavy atom. The maximum atomic E-state index is 5.68. The maximum absolute atomic E-state index is 5.68. The number of hydrogen-bond acceptors (Lipinski definition) is 1. The Bertz CT molecular complexity index is 724. The molecule has 1 aliphatic rings. The number of allylic oxidation sites excluding steroid dienone is 2. The molecule has 44 heavy (non-hydrogen) atoms. The van der Waals surface area contributed by atoms with Crippen LogP contribution in [0, 0.1) is 18.8 Å². The number of benzene rings is 1. The van der Waals surface area contributed by atoms with Crippen LogP contribution in [0.1, 0.15) is 203 Å². The summed E-state index contributed by atoms with van der Waals surface area (Å²) >= 11 is 0. The fourth-order valence-corrected chi connectivity index (χ4v) is 5.37. The summed E-state index contributed by atoms with van der Waals surface area (Å²) in [6, 6.07) is 4.56. The molecule has 0 atom stereocenters. The zero-order valence-corrected chi connectivity index (χ0v) is 33.2. The molecule has 0 radical (unpaired) electrons. The van der Waals surface area contributed by atoms with Gasteiger partial charge < -0.3 is 4.74 Å². The third-order valence-electron chi connectivity index (χ3n) is 7.80. The van der Waals surface area contributed by atoms with Crippen molar-refractivity contribution in [2.45, 2.75) is 199 Å². The molecule has 1 fully saturated rings. The minimum Gasteiger partial charge on any atom is -0.496 e. The monoisotopic (exact) mass is 617 g/mol. The van der Waals surface area contributed by atoms with Gasteiger partial charge in [0.1, 0.15) is 5.75 Å². The Hall–Kier alpha value is -1.50. The van der Waals surface area contributed by atoms with E-state index in [0.29, 0.717) is 5.92 Å². The lowest BCUT2D eigenvalue weighted by molar-refractivity contribution is 0.408. The Morgan fingerprint density at radius 3 is 1.52 bits per heavy atom. The molecule has 0 unspecified atom stereocenters. The third-order valence-corrected chi connectivity index (χ3v) is 7.80. The number of rotatable bonds is 15. The van der Waals surface area contributed by atoms with E-state index < -0.39 is 0 Å². The second-order valence-electron chi connectivity index (χ2n) is 12.2. The summed E-state index contributed by atoms with van der Waals surface area (Å²) in [6.07, 6.45) is 22.7. The fourth-order valence-electron chi connectivity index (χ4n) is 5.37. The smallest absolute Gasteiger partial charge is 0.122 e. The molecule has 2 rings (SSSR count). The summed E-state index contributed by atoms with van der Waals surface area (Å²) in [6.45, 7) is 35.7. The van der Waals surface area contributed by atoms with E-state index >= 15 is 0 Å². The lowest BCUT2D eigenvalue weighted by Crippen LogP contribution is -2.05. The molecule has 0 spiro atoms. The molecule has 0 aromatic heterocycles. The third kappa shape index (κ3) is 28.0. The lowest BCUT2D eigenvalue weighted by Gasteiger charge is -2.22. The summed E-state index contributed by atoms with van der Waals surface area (Å²) in [5, 5.41) is 0. The van der Waals surface area contributed by atoms with E-state index in [4.69, 9.17) is 4.74 Å². The van der Waals surface area contributed by atoms with Crippen molar-refractivity contribution >= 4 is 5.57 Å². The largest absolute Gasteiger partial charge is 0.496 e. The van der Waals surface area contributed by atoms with Gasteiger partial charge in [-0.1, -0.05) is 171 Å². The second-order valence-corrected chi connectivity index (χ2v) is 12.2. The molecule has 1 saturated carbocycles. The lowest BCUT2D eigenvalue weighted by atomic mass is 9.84. The zero-order valence-electron chi connectivity index (χ0n) is 33.2. The van der Waals surface area contributed by atoms with Gasteiger partial charge in [-0.2, -0.15) is 0 Å². The van der Waals surface area contributed by atoms with E-state index in [1.165, 1.54) is 131 Å². The van der Waals surface area contributed by atoms with E-state index in [-0.39, 0.29) is 0 Å². The SMILES string of the molecule is C=C(C)C.C=C(c1cc(OC)c(CCCCC)cc1C)C(CCC)CCC.CC.CC.CCC1CCCC1.CCCCCC. The standard InChI is InChI=1S/C22H36O.C7H14.C6H14.C4H8.2C2H6/c1-7-10-11-14-20-15-17(4)21(16-22(20)23-6)18(5)19(12-8-2)13-9-3;1-2-7-5-3-4-6-7;1-3-5-6-4-2;1-4(2)3;2*1-2/h15-16,19H,5,7-14H2,1-4,6H3;7H,2-6H2,1H3;3-6H2,1-2H3;1H2,2-3H3;2*1-2H3. The molecule has 1 heteroatoms. The topological polar surface area (TPSA) is 9.23 Å². The average molecular weight is 617 g/mol. The van der Waals surface area contributed by atoms with Crippen molar-refractivity contribution in [1.29, 1.82) is 0 Å². The van der Waals surface area contributed by atoms with Crippen LogP contribution in [-0.2, 0) is 6.42 Å². The average Bonchev–Trinajstić information content (AvgIpc) is 3.57. The minimum absolute atomic E-state index is 0.597. The number of methoxy groups -OCH3 is 1. The van der Waals surface area contributed by atoms with Crippen molar-refractivity contribution in [3.8, 4) is 5.75 Å². The highest BCUT2D eigenvalue weighted by atomic mass is 16.5. The van der Waals surface area contributed by atoms with Crippen LogP contribution in [0.5, 0.6) is 5.75 Å². The van der Waals surface area contributed by atoms with E-state index in [0.717, 1.165) is 18.1 Å². The van der Waals surface area contributed by atoms with Crippen LogP contribution in [0.2, 0.25) is 0 Å².